The Morgan fingerprint density at radius 3 is 2.65 bits per heavy atom. The van der Waals surface area contributed by atoms with Crippen LogP contribution < -0.4 is 15.2 Å². The predicted octanol–water partition coefficient (Wildman–Crippen LogP) is 2.75. The van der Waals surface area contributed by atoms with Gasteiger partial charge in [0.15, 0.2) is 11.5 Å². The Bertz CT molecular complexity index is 497. The van der Waals surface area contributed by atoms with Crippen molar-refractivity contribution in [2.45, 2.75) is 6.54 Å². The van der Waals surface area contributed by atoms with E-state index in [1.807, 2.05) is 36.4 Å². The molecule has 0 unspecified atom stereocenters. The highest BCUT2D eigenvalue weighted by molar-refractivity contribution is 5.42. The highest BCUT2D eigenvalue weighted by Crippen LogP contribution is 2.30. The van der Waals surface area contributed by atoms with Crippen LogP contribution >= 0.6 is 0 Å². The van der Waals surface area contributed by atoms with Crippen LogP contribution in [0.5, 0.6) is 17.2 Å². The largest absolute Gasteiger partial charge is 0.493 e. The molecule has 1 radical (unpaired) electrons. The van der Waals surface area contributed by atoms with Crippen molar-refractivity contribution in [3.63, 3.8) is 0 Å². The third-order valence-electron chi connectivity index (χ3n) is 2.36. The average molecular weight is 228 g/mol. The molecule has 3 heteroatoms. The van der Waals surface area contributed by atoms with E-state index in [-0.39, 0.29) is 0 Å². The Morgan fingerprint density at radius 2 is 1.94 bits per heavy atom. The van der Waals surface area contributed by atoms with Crippen molar-refractivity contribution in [3.05, 3.63) is 54.1 Å². The molecule has 0 aromatic heterocycles. The standard InChI is InChI=1S/C14H14NO2/c1-16-13-7-2-3-8-14(13)17-12-6-4-5-11(9-12)10-15/h2-5,7-9H,10,15H2,1H3. The van der Waals surface area contributed by atoms with Gasteiger partial charge in [0, 0.05) is 12.6 Å². The van der Waals surface area contributed by atoms with Crippen LogP contribution in [0.3, 0.4) is 0 Å². The van der Waals surface area contributed by atoms with Crippen molar-refractivity contribution in [1.29, 1.82) is 0 Å². The second-order valence-corrected chi connectivity index (χ2v) is 3.52. The normalized spacial score (nSPS) is 10.0. The minimum atomic E-state index is 0.483. The first kappa shape index (κ1) is 11.5. The van der Waals surface area contributed by atoms with Gasteiger partial charge in [0.25, 0.3) is 0 Å². The number of nitrogens with two attached hydrogens (primary N) is 1. The van der Waals surface area contributed by atoms with Gasteiger partial charge in [-0.05, 0) is 23.8 Å². The highest BCUT2D eigenvalue weighted by Gasteiger charge is 2.04. The van der Waals surface area contributed by atoms with Crippen molar-refractivity contribution in [2.75, 3.05) is 7.11 Å². The summed E-state index contributed by atoms with van der Waals surface area (Å²) in [5.41, 5.74) is 6.58. The number of hydrogen-bond acceptors (Lipinski definition) is 3. The number of para-hydroxylation sites is 2. The van der Waals surface area contributed by atoms with E-state index in [9.17, 15) is 0 Å². The van der Waals surface area contributed by atoms with Gasteiger partial charge in [-0.1, -0.05) is 24.3 Å². The van der Waals surface area contributed by atoms with Gasteiger partial charge in [-0.15, -0.1) is 0 Å². The summed E-state index contributed by atoms with van der Waals surface area (Å²) in [7, 11) is 1.61. The maximum absolute atomic E-state index is 5.71. The van der Waals surface area contributed by atoms with E-state index in [2.05, 4.69) is 6.07 Å². The lowest BCUT2D eigenvalue weighted by molar-refractivity contribution is 0.378. The minimum absolute atomic E-state index is 0.483. The van der Waals surface area contributed by atoms with Crippen molar-refractivity contribution in [1.82, 2.24) is 0 Å². The van der Waals surface area contributed by atoms with E-state index >= 15 is 0 Å². The summed E-state index contributed by atoms with van der Waals surface area (Å²) in [6.07, 6.45) is 0. The van der Waals surface area contributed by atoms with E-state index in [1.54, 1.807) is 13.2 Å². The van der Waals surface area contributed by atoms with Gasteiger partial charge in [0.1, 0.15) is 5.75 Å². The molecule has 0 saturated carbocycles. The molecule has 0 heterocycles. The third kappa shape index (κ3) is 2.77. The van der Waals surface area contributed by atoms with Crippen LogP contribution in [0.1, 0.15) is 5.56 Å². The molecule has 0 amide bonds. The summed E-state index contributed by atoms with van der Waals surface area (Å²) in [5.74, 6) is 2.00. The van der Waals surface area contributed by atoms with E-state index in [0.717, 1.165) is 5.56 Å². The fourth-order valence-corrected chi connectivity index (χ4v) is 1.50. The van der Waals surface area contributed by atoms with Crippen molar-refractivity contribution in [3.8, 4) is 17.2 Å². The zero-order chi connectivity index (χ0) is 12.1. The Hall–Kier alpha value is -2.00. The summed E-state index contributed by atoms with van der Waals surface area (Å²) >= 11 is 0. The van der Waals surface area contributed by atoms with Gasteiger partial charge in [-0.2, -0.15) is 0 Å². The van der Waals surface area contributed by atoms with Crippen molar-refractivity contribution >= 4 is 0 Å². The lowest BCUT2D eigenvalue weighted by Gasteiger charge is -2.10. The van der Waals surface area contributed by atoms with Crippen LogP contribution in [-0.4, -0.2) is 7.11 Å². The van der Waals surface area contributed by atoms with E-state index in [0.29, 0.717) is 23.8 Å². The van der Waals surface area contributed by atoms with Gasteiger partial charge >= 0.3 is 0 Å². The van der Waals surface area contributed by atoms with E-state index < -0.39 is 0 Å². The van der Waals surface area contributed by atoms with Crippen LogP contribution in [0, 0.1) is 6.07 Å². The topological polar surface area (TPSA) is 44.5 Å². The SMILES string of the molecule is COc1ccccc1Oc1[c]ccc(CN)c1. The molecule has 0 atom stereocenters. The first-order chi connectivity index (χ1) is 8.33. The van der Waals surface area contributed by atoms with Gasteiger partial charge in [-0.3, -0.25) is 0 Å². The first-order valence-corrected chi connectivity index (χ1v) is 5.35. The summed E-state index contributed by atoms with van der Waals surface area (Å²) < 4.78 is 10.9. The maximum Gasteiger partial charge on any atom is 0.169 e. The molecule has 2 aromatic rings. The Balaban J connectivity index is 2.24. The second-order valence-electron chi connectivity index (χ2n) is 3.52. The lowest BCUT2D eigenvalue weighted by atomic mass is 10.2. The Morgan fingerprint density at radius 1 is 1.18 bits per heavy atom. The number of hydrogen-bond donors (Lipinski definition) is 1. The molecule has 0 aliphatic rings. The molecule has 0 aliphatic heterocycles. The molecule has 2 aromatic carbocycles. The number of benzene rings is 2. The summed E-state index contributed by atoms with van der Waals surface area (Å²) in [6.45, 7) is 0.483. The van der Waals surface area contributed by atoms with Gasteiger partial charge in [-0.25, -0.2) is 0 Å². The molecule has 2 rings (SSSR count). The molecule has 0 saturated heterocycles. The smallest absolute Gasteiger partial charge is 0.169 e. The van der Waals surface area contributed by atoms with Crippen LogP contribution in [0.4, 0.5) is 0 Å². The van der Waals surface area contributed by atoms with Crippen LogP contribution in [0.25, 0.3) is 0 Å². The number of methoxy groups -OCH3 is 1. The molecule has 0 bridgehead atoms. The molecule has 3 nitrogen and oxygen atoms in total. The van der Waals surface area contributed by atoms with Crippen LogP contribution in [-0.2, 0) is 6.54 Å². The van der Waals surface area contributed by atoms with Gasteiger partial charge in [0.05, 0.1) is 7.11 Å². The van der Waals surface area contributed by atoms with Crippen molar-refractivity contribution in [2.24, 2.45) is 5.73 Å². The molecular formula is C14H14NO2. The van der Waals surface area contributed by atoms with Gasteiger partial charge in [0.2, 0.25) is 0 Å². The molecule has 87 valence electrons. The molecule has 2 N–H and O–H groups in total. The summed E-state index contributed by atoms with van der Waals surface area (Å²) in [4.78, 5) is 0. The fraction of sp³-hybridized carbons (Fsp3) is 0.143. The lowest BCUT2D eigenvalue weighted by Crippen LogP contribution is -1.96. The van der Waals surface area contributed by atoms with Gasteiger partial charge < -0.3 is 15.2 Å². The predicted molar refractivity (Wildman–Crippen MR) is 66.2 cm³/mol. The number of rotatable bonds is 4. The second kappa shape index (κ2) is 5.37. The molecule has 0 aliphatic carbocycles. The quantitative estimate of drug-likeness (QED) is 0.875. The van der Waals surface area contributed by atoms with E-state index in [1.165, 1.54) is 0 Å². The monoisotopic (exact) mass is 228 g/mol. The first-order valence-electron chi connectivity index (χ1n) is 5.35. The zero-order valence-corrected chi connectivity index (χ0v) is 9.64. The average Bonchev–Trinajstić information content (AvgIpc) is 2.39. The minimum Gasteiger partial charge on any atom is -0.493 e. The van der Waals surface area contributed by atoms with Crippen LogP contribution in [0.15, 0.2) is 42.5 Å². The van der Waals surface area contributed by atoms with Crippen molar-refractivity contribution < 1.29 is 9.47 Å². The fourth-order valence-electron chi connectivity index (χ4n) is 1.50. The Labute approximate surface area is 101 Å². The molecule has 0 spiro atoms. The van der Waals surface area contributed by atoms with E-state index in [4.69, 9.17) is 15.2 Å². The number of ether oxygens (including phenoxy) is 2. The molecular weight excluding hydrogens is 214 g/mol. The summed E-state index contributed by atoms with van der Waals surface area (Å²) in [6, 6.07) is 16.1. The summed E-state index contributed by atoms with van der Waals surface area (Å²) in [5, 5.41) is 0. The molecule has 17 heavy (non-hydrogen) atoms. The Kier molecular flexibility index (Phi) is 3.62. The molecule has 0 fully saturated rings. The maximum atomic E-state index is 5.71. The zero-order valence-electron chi connectivity index (χ0n) is 9.64. The van der Waals surface area contributed by atoms with Crippen LogP contribution in [0.2, 0.25) is 0 Å². The highest BCUT2D eigenvalue weighted by atomic mass is 16.5. The third-order valence-corrected chi connectivity index (χ3v) is 2.36.